The molecule has 0 aliphatic carbocycles. The fourth-order valence-corrected chi connectivity index (χ4v) is 2.05. The minimum absolute atomic E-state index is 0.754. The molecule has 0 fully saturated rings. The molecule has 2 nitrogen and oxygen atoms in total. The van der Waals surface area contributed by atoms with Crippen LogP contribution in [0.5, 0.6) is 0 Å². The van der Waals surface area contributed by atoms with E-state index in [0.29, 0.717) is 0 Å². The smallest absolute Gasteiger partial charge is 0.144 e. The quantitative estimate of drug-likeness (QED) is 0.753. The van der Waals surface area contributed by atoms with Gasteiger partial charge in [0.15, 0.2) is 0 Å². The third kappa shape index (κ3) is 1.55. The van der Waals surface area contributed by atoms with Crippen molar-refractivity contribution in [2.45, 2.75) is 0 Å². The Labute approximate surface area is 80.9 Å². The molecule has 2 rings (SSSR count). The molecule has 0 spiro atoms. The van der Waals surface area contributed by atoms with Crippen LogP contribution in [0.1, 0.15) is 0 Å². The van der Waals surface area contributed by atoms with Crippen molar-refractivity contribution in [2.75, 3.05) is 11.9 Å². The first kappa shape index (κ1) is 8.26. The Kier molecular flexibility index (Phi) is 2.27. The molecule has 0 aliphatic rings. The maximum absolute atomic E-state index is 4.27. The summed E-state index contributed by atoms with van der Waals surface area (Å²) in [6.07, 6.45) is 3.65. The number of thiophene rings is 1. The summed E-state index contributed by atoms with van der Waals surface area (Å²) in [4.78, 5) is 4.27. The van der Waals surface area contributed by atoms with Crippen LogP contribution in [-0.4, -0.2) is 11.5 Å². The van der Waals surface area contributed by atoms with Gasteiger partial charge in [-0.2, -0.15) is 0 Å². The van der Waals surface area contributed by atoms with E-state index in [4.69, 9.17) is 0 Å². The highest BCUT2D eigenvalue weighted by molar-refractivity contribution is 7.17. The molecule has 3 heteroatoms. The third-order valence-corrected chi connectivity index (χ3v) is 2.72. The van der Waals surface area contributed by atoms with E-state index in [-0.39, 0.29) is 0 Å². The van der Waals surface area contributed by atoms with Crippen molar-refractivity contribution in [1.82, 2.24) is 4.98 Å². The molecule has 0 radical (unpaired) electrons. The molecule has 0 saturated carbocycles. The molecule has 0 saturated heterocycles. The number of rotatable bonds is 3. The lowest BCUT2D eigenvalue weighted by Gasteiger charge is -2.02. The summed E-state index contributed by atoms with van der Waals surface area (Å²) in [5.41, 5.74) is 0. The average Bonchev–Trinajstić information content (AvgIpc) is 2.62. The Hall–Kier alpha value is -1.35. The topological polar surface area (TPSA) is 24.9 Å². The lowest BCUT2D eigenvalue weighted by molar-refractivity contribution is 1.26. The number of hydrogen-bond acceptors (Lipinski definition) is 3. The molecule has 0 unspecified atom stereocenters. The Bertz CT molecular complexity index is 420. The van der Waals surface area contributed by atoms with Gasteiger partial charge in [-0.3, -0.25) is 0 Å². The number of aromatic nitrogens is 1. The molecule has 66 valence electrons. The number of nitrogens with zero attached hydrogens (tertiary/aromatic N) is 1. The molecule has 0 atom stereocenters. The second kappa shape index (κ2) is 3.58. The van der Waals surface area contributed by atoms with Crippen molar-refractivity contribution in [2.24, 2.45) is 0 Å². The zero-order chi connectivity index (χ0) is 9.10. The minimum Gasteiger partial charge on any atom is -0.365 e. The number of pyridine rings is 1. The summed E-state index contributed by atoms with van der Waals surface area (Å²) in [5, 5.41) is 6.52. The van der Waals surface area contributed by atoms with Crippen LogP contribution in [-0.2, 0) is 0 Å². The second-order valence-electron chi connectivity index (χ2n) is 2.67. The highest BCUT2D eigenvalue weighted by Gasteiger charge is 2.00. The van der Waals surface area contributed by atoms with Crippen molar-refractivity contribution >= 4 is 27.2 Å². The maximum Gasteiger partial charge on any atom is 0.144 e. The first-order valence-electron chi connectivity index (χ1n) is 4.09. The van der Waals surface area contributed by atoms with E-state index in [9.17, 15) is 0 Å². The largest absolute Gasteiger partial charge is 0.365 e. The highest BCUT2D eigenvalue weighted by atomic mass is 32.1. The van der Waals surface area contributed by atoms with Gasteiger partial charge < -0.3 is 5.32 Å². The number of nitrogens with one attached hydrogen (secondary N) is 1. The van der Waals surface area contributed by atoms with Crippen molar-refractivity contribution < 1.29 is 0 Å². The molecule has 0 bridgehead atoms. The normalized spacial score (nSPS) is 10.2. The van der Waals surface area contributed by atoms with Gasteiger partial charge in [-0.25, -0.2) is 4.98 Å². The predicted octanol–water partition coefficient (Wildman–Crippen LogP) is 2.89. The van der Waals surface area contributed by atoms with Gasteiger partial charge in [0.25, 0.3) is 0 Å². The SMILES string of the molecule is C=CCNc1nccc2ccsc12. The van der Waals surface area contributed by atoms with Crippen LogP contribution in [0.25, 0.3) is 10.1 Å². The molecule has 1 N–H and O–H groups in total. The molecular formula is C10H10N2S. The molecule has 2 heterocycles. The van der Waals surface area contributed by atoms with Gasteiger partial charge in [0.1, 0.15) is 5.82 Å². The lowest BCUT2D eigenvalue weighted by Crippen LogP contribution is -1.99. The molecule has 0 aliphatic heterocycles. The van der Waals surface area contributed by atoms with Gasteiger partial charge in [0.2, 0.25) is 0 Å². The van der Waals surface area contributed by atoms with E-state index in [1.807, 2.05) is 18.3 Å². The predicted molar refractivity (Wildman–Crippen MR) is 58.3 cm³/mol. The van der Waals surface area contributed by atoms with Crippen LogP contribution in [0.2, 0.25) is 0 Å². The Morgan fingerprint density at radius 2 is 2.46 bits per heavy atom. The number of hydrogen-bond donors (Lipinski definition) is 1. The first-order valence-corrected chi connectivity index (χ1v) is 4.97. The van der Waals surface area contributed by atoms with Crippen LogP contribution < -0.4 is 5.32 Å². The van der Waals surface area contributed by atoms with Crippen LogP contribution >= 0.6 is 11.3 Å². The molecule has 2 aromatic heterocycles. The summed E-state index contributed by atoms with van der Waals surface area (Å²) in [5.74, 6) is 0.951. The summed E-state index contributed by atoms with van der Waals surface area (Å²) in [7, 11) is 0. The fourth-order valence-electron chi connectivity index (χ4n) is 1.19. The lowest BCUT2D eigenvalue weighted by atomic mass is 10.3. The van der Waals surface area contributed by atoms with Gasteiger partial charge in [-0.1, -0.05) is 6.08 Å². The molecule has 0 aromatic carbocycles. The zero-order valence-electron chi connectivity index (χ0n) is 7.16. The zero-order valence-corrected chi connectivity index (χ0v) is 7.97. The summed E-state index contributed by atoms with van der Waals surface area (Å²) < 4.78 is 1.21. The van der Waals surface area contributed by atoms with Crippen molar-refractivity contribution in [3.63, 3.8) is 0 Å². The van der Waals surface area contributed by atoms with Crippen LogP contribution in [0.4, 0.5) is 5.82 Å². The minimum atomic E-state index is 0.754. The average molecular weight is 190 g/mol. The van der Waals surface area contributed by atoms with Gasteiger partial charge in [0.05, 0.1) is 4.70 Å². The van der Waals surface area contributed by atoms with Crippen LogP contribution in [0.3, 0.4) is 0 Å². The molecule has 0 amide bonds. The highest BCUT2D eigenvalue weighted by Crippen LogP contribution is 2.26. The molecule has 13 heavy (non-hydrogen) atoms. The van der Waals surface area contributed by atoms with Crippen LogP contribution in [0, 0.1) is 0 Å². The van der Waals surface area contributed by atoms with E-state index in [0.717, 1.165) is 12.4 Å². The standard InChI is InChI=1S/C10H10N2S/c1-2-5-11-10-9-8(3-6-12-10)4-7-13-9/h2-4,6-7H,1,5H2,(H,11,12). The van der Waals surface area contributed by atoms with Gasteiger partial charge >= 0.3 is 0 Å². The molecule has 2 aromatic rings. The van der Waals surface area contributed by atoms with Crippen molar-refractivity contribution in [3.05, 3.63) is 36.4 Å². The third-order valence-electron chi connectivity index (χ3n) is 1.78. The fraction of sp³-hybridized carbons (Fsp3) is 0.100. The van der Waals surface area contributed by atoms with Gasteiger partial charge in [-0.05, 0) is 22.9 Å². The summed E-state index contributed by atoms with van der Waals surface area (Å²) >= 11 is 1.71. The first-order chi connectivity index (χ1) is 6.42. The van der Waals surface area contributed by atoms with E-state index < -0.39 is 0 Å². The summed E-state index contributed by atoms with van der Waals surface area (Å²) in [6, 6.07) is 4.12. The summed E-state index contributed by atoms with van der Waals surface area (Å²) in [6.45, 7) is 4.41. The van der Waals surface area contributed by atoms with E-state index in [1.165, 1.54) is 10.1 Å². The monoisotopic (exact) mass is 190 g/mol. The van der Waals surface area contributed by atoms with Crippen LogP contribution in [0.15, 0.2) is 36.4 Å². The Morgan fingerprint density at radius 3 is 3.31 bits per heavy atom. The second-order valence-corrected chi connectivity index (χ2v) is 3.58. The number of anilines is 1. The Morgan fingerprint density at radius 1 is 1.54 bits per heavy atom. The van der Waals surface area contributed by atoms with Crippen molar-refractivity contribution in [1.29, 1.82) is 0 Å². The van der Waals surface area contributed by atoms with E-state index in [2.05, 4.69) is 28.3 Å². The van der Waals surface area contributed by atoms with E-state index in [1.54, 1.807) is 11.3 Å². The van der Waals surface area contributed by atoms with Gasteiger partial charge in [0, 0.05) is 12.7 Å². The van der Waals surface area contributed by atoms with Crippen molar-refractivity contribution in [3.8, 4) is 0 Å². The van der Waals surface area contributed by atoms with E-state index >= 15 is 0 Å². The maximum atomic E-state index is 4.27. The molecular weight excluding hydrogens is 180 g/mol. The Balaban J connectivity index is 2.42. The van der Waals surface area contributed by atoms with Gasteiger partial charge in [-0.15, -0.1) is 17.9 Å². The number of fused-ring (bicyclic) bond motifs is 1.